The van der Waals surface area contributed by atoms with Crippen LogP contribution in [-0.2, 0) is 16.1 Å². The molecule has 0 saturated carbocycles. The van der Waals surface area contributed by atoms with Gasteiger partial charge in [-0.15, -0.1) is 12.6 Å². The topological polar surface area (TPSA) is 93.8 Å². The van der Waals surface area contributed by atoms with Crippen molar-refractivity contribution in [2.75, 3.05) is 24.7 Å². The number of nitrogens with one attached hydrogen (secondary N) is 1. The smallest absolute Gasteiger partial charge is 0.411 e. The molecule has 11 heteroatoms. The lowest BCUT2D eigenvalue weighted by molar-refractivity contribution is -0.125. The second kappa shape index (κ2) is 9.41. The number of amides is 2. The molecule has 1 fully saturated rings. The predicted octanol–water partition coefficient (Wildman–Crippen LogP) is 3.32. The summed E-state index contributed by atoms with van der Waals surface area (Å²) in [6.07, 6.45) is 1.47. The Bertz CT molecular complexity index is 1260. The largest absolute Gasteiger partial charge is 0.423 e. The highest BCUT2D eigenvalue weighted by atomic mass is 35.5. The lowest BCUT2D eigenvalue weighted by atomic mass is 10.2. The van der Waals surface area contributed by atoms with Gasteiger partial charge in [0, 0.05) is 16.5 Å². The maximum atomic E-state index is 12.4. The summed E-state index contributed by atoms with van der Waals surface area (Å²) in [5.41, 5.74) is 1.30. The maximum absolute atomic E-state index is 12.4. The molecular formula is C21H17Cl2N3O5S. The van der Waals surface area contributed by atoms with Gasteiger partial charge >= 0.3 is 5.76 Å². The number of oxazole rings is 1. The summed E-state index contributed by atoms with van der Waals surface area (Å²) < 4.78 is 11.6. The maximum Gasteiger partial charge on any atom is 0.423 e. The van der Waals surface area contributed by atoms with Crippen LogP contribution in [0.5, 0.6) is 0 Å². The Hall–Kier alpha value is -2.72. The summed E-state index contributed by atoms with van der Waals surface area (Å²) >= 11 is 16.6. The summed E-state index contributed by atoms with van der Waals surface area (Å²) in [6, 6.07) is 9.64. The highest BCUT2D eigenvalue weighted by Crippen LogP contribution is 2.29. The normalized spacial score (nSPS) is 14.0. The second-order valence-electron chi connectivity index (χ2n) is 6.91. The molecule has 1 saturated heterocycles. The standard InChI is InChI=1S/C21H17Cl2N3O5S/c22-12-1-4-18(32)15(7-12)20(28)24-9-14-10-26(21(29)31-14)13-2-3-17(16(23)8-13)25-5-6-30-11-19(25)27/h1-4,7-8,10,32H,5-6,9,11H2,(H,24,28). The van der Waals surface area contributed by atoms with E-state index in [1.807, 2.05) is 0 Å². The van der Waals surface area contributed by atoms with E-state index >= 15 is 0 Å². The molecule has 166 valence electrons. The minimum atomic E-state index is -0.641. The van der Waals surface area contributed by atoms with Gasteiger partial charge in [-0.1, -0.05) is 23.2 Å². The number of ether oxygens (including phenoxy) is 1. The van der Waals surface area contributed by atoms with Crippen LogP contribution in [0.15, 0.2) is 56.7 Å². The van der Waals surface area contributed by atoms with Gasteiger partial charge < -0.3 is 19.4 Å². The number of rotatable bonds is 5. The van der Waals surface area contributed by atoms with Crippen LogP contribution in [0, 0.1) is 0 Å². The van der Waals surface area contributed by atoms with Crippen LogP contribution < -0.4 is 16.0 Å². The molecule has 32 heavy (non-hydrogen) atoms. The van der Waals surface area contributed by atoms with E-state index in [9.17, 15) is 14.4 Å². The molecule has 1 aliphatic heterocycles. The minimum absolute atomic E-state index is 0.00174. The number of morpholine rings is 1. The average molecular weight is 494 g/mol. The molecule has 0 aliphatic carbocycles. The second-order valence-corrected chi connectivity index (χ2v) is 8.24. The first kappa shape index (κ1) is 22.5. The van der Waals surface area contributed by atoms with Crippen LogP contribution in [0.4, 0.5) is 5.69 Å². The van der Waals surface area contributed by atoms with Gasteiger partial charge in [0.2, 0.25) is 0 Å². The molecule has 1 aliphatic rings. The van der Waals surface area contributed by atoms with Gasteiger partial charge in [-0.3, -0.25) is 9.59 Å². The number of aromatic nitrogens is 1. The number of benzene rings is 2. The zero-order chi connectivity index (χ0) is 22.8. The molecule has 0 bridgehead atoms. The van der Waals surface area contributed by atoms with Crippen molar-refractivity contribution >= 4 is 53.3 Å². The van der Waals surface area contributed by atoms with Crippen molar-refractivity contribution in [2.45, 2.75) is 11.4 Å². The van der Waals surface area contributed by atoms with Crippen LogP contribution in [-0.4, -0.2) is 36.1 Å². The number of hydrogen-bond acceptors (Lipinski definition) is 6. The van der Waals surface area contributed by atoms with Gasteiger partial charge in [0.1, 0.15) is 12.4 Å². The number of anilines is 1. The van der Waals surface area contributed by atoms with Crippen LogP contribution in [0.3, 0.4) is 0 Å². The molecule has 2 heterocycles. The van der Waals surface area contributed by atoms with Crippen LogP contribution in [0.25, 0.3) is 5.69 Å². The fraction of sp³-hybridized carbons (Fsp3) is 0.190. The van der Waals surface area contributed by atoms with Crippen LogP contribution in [0.1, 0.15) is 16.1 Å². The van der Waals surface area contributed by atoms with E-state index in [1.54, 1.807) is 35.2 Å². The number of carbonyl (C=O) groups excluding carboxylic acids is 2. The van der Waals surface area contributed by atoms with Gasteiger partial charge in [0.15, 0.2) is 0 Å². The molecule has 1 N–H and O–H groups in total. The minimum Gasteiger partial charge on any atom is -0.411 e. The first-order chi connectivity index (χ1) is 15.3. The van der Waals surface area contributed by atoms with Crippen molar-refractivity contribution in [3.05, 3.63) is 74.5 Å². The van der Waals surface area contributed by atoms with E-state index in [4.69, 9.17) is 32.4 Å². The Morgan fingerprint density at radius 3 is 2.72 bits per heavy atom. The van der Waals surface area contributed by atoms with Crippen molar-refractivity contribution < 1.29 is 18.7 Å². The molecule has 8 nitrogen and oxygen atoms in total. The third kappa shape index (κ3) is 4.71. The van der Waals surface area contributed by atoms with Gasteiger partial charge in [0.05, 0.1) is 41.3 Å². The molecule has 3 aromatic rings. The summed E-state index contributed by atoms with van der Waals surface area (Å²) in [7, 11) is 0. The first-order valence-corrected chi connectivity index (χ1v) is 10.7. The predicted molar refractivity (Wildman–Crippen MR) is 122 cm³/mol. The Labute approximate surface area is 198 Å². The highest BCUT2D eigenvalue weighted by molar-refractivity contribution is 7.80. The van der Waals surface area contributed by atoms with Gasteiger partial charge in [-0.2, -0.15) is 0 Å². The van der Waals surface area contributed by atoms with Crippen molar-refractivity contribution in [1.82, 2.24) is 9.88 Å². The molecule has 0 unspecified atom stereocenters. The molecule has 0 spiro atoms. The van der Waals surface area contributed by atoms with Gasteiger partial charge in [-0.05, 0) is 36.4 Å². The fourth-order valence-corrected chi connectivity index (χ4v) is 3.93. The summed E-state index contributed by atoms with van der Waals surface area (Å²) in [5, 5.41) is 3.38. The Kier molecular flexibility index (Phi) is 6.61. The zero-order valence-corrected chi connectivity index (χ0v) is 18.9. The van der Waals surface area contributed by atoms with Crippen molar-refractivity contribution in [1.29, 1.82) is 0 Å². The van der Waals surface area contributed by atoms with E-state index in [1.165, 1.54) is 16.8 Å². The Morgan fingerprint density at radius 1 is 1.16 bits per heavy atom. The van der Waals surface area contributed by atoms with E-state index in [0.717, 1.165) is 0 Å². The van der Waals surface area contributed by atoms with Crippen molar-refractivity contribution in [3.8, 4) is 5.69 Å². The molecule has 2 amide bonds. The van der Waals surface area contributed by atoms with E-state index in [0.29, 0.717) is 45.0 Å². The van der Waals surface area contributed by atoms with Crippen LogP contribution in [0.2, 0.25) is 10.0 Å². The average Bonchev–Trinajstić information content (AvgIpc) is 3.15. The lowest BCUT2D eigenvalue weighted by Crippen LogP contribution is -2.41. The SMILES string of the molecule is O=C(NCc1cn(-c2ccc(N3CCOCC3=O)c(Cl)c2)c(=O)o1)c1cc(Cl)ccc1S. The van der Waals surface area contributed by atoms with E-state index in [-0.39, 0.29) is 24.8 Å². The number of halogens is 2. The molecule has 2 aromatic carbocycles. The Balaban J connectivity index is 1.50. The fourth-order valence-electron chi connectivity index (χ4n) is 3.24. The Morgan fingerprint density at radius 2 is 1.97 bits per heavy atom. The summed E-state index contributed by atoms with van der Waals surface area (Å²) in [5.74, 6) is -0.989. The number of thiol groups is 1. The van der Waals surface area contributed by atoms with Gasteiger partial charge in [0.25, 0.3) is 11.8 Å². The van der Waals surface area contributed by atoms with E-state index in [2.05, 4.69) is 17.9 Å². The summed E-state index contributed by atoms with van der Waals surface area (Å²) in [4.78, 5) is 38.8. The molecule has 1 aromatic heterocycles. The molecular weight excluding hydrogens is 477 g/mol. The quantitative estimate of drug-likeness (QED) is 0.531. The monoisotopic (exact) mass is 493 g/mol. The molecule has 0 atom stereocenters. The first-order valence-electron chi connectivity index (χ1n) is 9.49. The van der Waals surface area contributed by atoms with Crippen LogP contribution >= 0.6 is 35.8 Å². The van der Waals surface area contributed by atoms with Crippen molar-refractivity contribution in [2.24, 2.45) is 0 Å². The lowest BCUT2D eigenvalue weighted by Gasteiger charge is -2.27. The number of carbonyl (C=O) groups is 2. The third-order valence-corrected chi connectivity index (χ3v) is 5.73. The molecule has 4 rings (SSSR count). The number of nitrogens with zero attached hydrogens (tertiary/aromatic N) is 2. The zero-order valence-electron chi connectivity index (χ0n) is 16.5. The van der Waals surface area contributed by atoms with Gasteiger partial charge in [-0.25, -0.2) is 9.36 Å². The van der Waals surface area contributed by atoms with E-state index < -0.39 is 11.7 Å². The highest BCUT2D eigenvalue weighted by Gasteiger charge is 2.22. The number of hydrogen-bond donors (Lipinski definition) is 2. The third-order valence-electron chi connectivity index (χ3n) is 4.80. The van der Waals surface area contributed by atoms with Crippen molar-refractivity contribution in [3.63, 3.8) is 0 Å². The summed E-state index contributed by atoms with van der Waals surface area (Å²) in [6.45, 7) is 0.797. The molecule has 0 radical (unpaired) electrons.